The molecule has 2 N–H and O–H groups in total. The summed E-state index contributed by atoms with van der Waals surface area (Å²) in [6, 6.07) is 0.639. The van der Waals surface area contributed by atoms with E-state index in [2.05, 4.69) is 28.9 Å². The first-order valence-corrected chi connectivity index (χ1v) is 6.94. The van der Waals surface area contributed by atoms with Crippen molar-refractivity contribution >= 4 is 0 Å². The highest BCUT2D eigenvalue weighted by Gasteiger charge is 2.25. The zero-order valence-corrected chi connectivity index (χ0v) is 11.4. The lowest BCUT2D eigenvalue weighted by atomic mass is 10.1. The fourth-order valence-corrected chi connectivity index (χ4v) is 2.48. The van der Waals surface area contributed by atoms with Crippen molar-refractivity contribution in [2.75, 3.05) is 19.6 Å². The van der Waals surface area contributed by atoms with Gasteiger partial charge >= 0.3 is 0 Å². The van der Waals surface area contributed by atoms with E-state index in [1.807, 2.05) is 0 Å². The van der Waals surface area contributed by atoms with Gasteiger partial charge < -0.3 is 15.2 Å². The normalized spacial score (nSPS) is 21.0. The minimum Gasteiger partial charge on any atom is -0.339 e. The Morgan fingerprint density at radius 2 is 2.33 bits per heavy atom. The highest BCUT2D eigenvalue weighted by Crippen LogP contribution is 2.21. The van der Waals surface area contributed by atoms with Crippen LogP contribution in [0, 0.1) is 5.92 Å². The van der Waals surface area contributed by atoms with Gasteiger partial charge in [-0.2, -0.15) is 4.98 Å². The van der Waals surface area contributed by atoms with Crippen LogP contribution >= 0.6 is 0 Å². The maximum Gasteiger partial charge on any atom is 0.226 e. The molecule has 0 saturated carbocycles. The molecule has 0 bridgehead atoms. The fourth-order valence-electron chi connectivity index (χ4n) is 2.48. The molecule has 2 rings (SSSR count). The molecule has 0 radical (unpaired) electrons. The summed E-state index contributed by atoms with van der Waals surface area (Å²) in [5, 5.41) is 4.06. The number of hydrogen-bond donors (Lipinski definition) is 1. The SMILES string of the molecule is CC(C)N1CCC(Cc2noc(CCCN)n2)C1. The summed E-state index contributed by atoms with van der Waals surface area (Å²) in [5.74, 6) is 2.26. The van der Waals surface area contributed by atoms with Crippen molar-refractivity contribution < 1.29 is 4.52 Å². The summed E-state index contributed by atoms with van der Waals surface area (Å²) >= 11 is 0. The summed E-state index contributed by atoms with van der Waals surface area (Å²) in [5.41, 5.74) is 5.46. The van der Waals surface area contributed by atoms with Crippen molar-refractivity contribution in [3.05, 3.63) is 11.7 Å². The zero-order valence-electron chi connectivity index (χ0n) is 11.4. The van der Waals surface area contributed by atoms with Crippen LogP contribution < -0.4 is 5.73 Å². The van der Waals surface area contributed by atoms with Crippen LogP contribution in [0.1, 0.15) is 38.4 Å². The van der Waals surface area contributed by atoms with E-state index in [-0.39, 0.29) is 0 Å². The number of aromatic nitrogens is 2. The summed E-state index contributed by atoms with van der Waals surface area (Å²) < 4.78 is 5.22. The predicted octanol–water partition coefficient (Wildman–Crippen LogP) is 1.23. The first-order valence-electron chi connectivity index (χ1n) is 6.94. The van der Waals surface area contributed by atoms with Gasteiger partial charge in [-0.25, -0.2) is 0 Å². The smallest absolute Gasteiger partial charge is 0.226 e. The fraction of sp³-hybridized carbons (Fsp3) is 0.846. The monoisotopic (exact) mass is 252 g/mol. The van der Waals surface area contributed by atoms with Crippen LogP contribution in [0.5, 0.6) is 0 Å². The van der Waals surface area contributed by atoms with E-state index in [9.17, 15) is 0 Å². The van der Waals surface area contributed by atoms with E-state index >= 15 is 0 Å². The van der Waals surface area contributed by atoms with Gasteiger partial charge in [-0.05, 0) is 45.7 Å². The molecule has 1 aliphatic heterocycles. The van der Waals surface area contributed by atoms with Crippen molar-refractivity contribution in [3.63, 3.8) is 0 Å². The van der Waals surface area contributed by atoms with Crippen LogP contribution in [0.25, 0.3) is 0 Å². The Hall–Kier alpha value is -0.940. The lowest BCUT2D eigenvalue weighted by Gasteiger charge is -2.19. The molecule has 1 atom stereocenters. The molecule has 5 nitrogen and oxygen atoms in total. The first-order chi connectivity index (χ1) is 8.69. The van der Waals surface area contributed by atoms with Crippen molar-refractivity contribution in [2.45, 2.75) is 45.6 Å². The topological polar surface area (TPSA) is 68.2 Å². The third-order valence-electron chi connectivity index (χ3n) is 3.62. The van der Waals surface area contributed by atoms with Crippen LogP contribution in [-0.2, 0) is 12.8 Å². The van der Waals surface area contributed by atoms with Gasteiger partial charge in [0, 0.05) is 25.4 Å². The molecule has 102 valence electrons. The van der Waals surface area contributed by atoms with E-state index in [0.29, 0.717) is 18.5 Å². The number of nitrogens with two attached hydrogens (primary N) is 1. The summed E-state index contributed by atoms with van der Waals surface area (Å²) in [6.07, 6.45) is 3.89. The molecule has 1 saturated heterocycles. The van der Waals surface area contributed by atoms with Crippen LogP contribution in [-0.4, -0.2) is 40.7 Å². The highest BCUT2D eigenvalue weighted by molar-refractivity contribution is 4.91. The molecular formula is C13H24N4O. The lowest BCUT2D eigenvalue weighted by molar-refractivity contribution is 0.264. The minimum atomic E-state index is 0.639. The lowest BCUT2D eigenvalue weighted by Crippen LogP contribution is -2.28. The summed E-state index contributed by atoms with van der Waals surface area (Å²) in [7, 11) is 0. The van der Waals surface area contributed by atoms with Gasteiger partial charge in [0.2, 0.25) is 5.89 Å². The number of likely N-dealkylation sites (tertiary alicyclic amines) is 1. The third-order valence-corrected chi connectivity index (χ3v) is 3.62. The molecule has 1 aromatic rings. The molecule has 0 aromatic carbocycles. The molecule has 2 heterocycles. The average molecular weight is 252 g/mol. The van der Waals surface area contributed by atoms with E-state index < -0.39 is 0 Å². The molecule has 1 fully saturated rings. The maximum atomic E-state index is 5.46. The molecular weight excluding hydrogens is 228 g/mol. The molecule has 0 aliphatic carbocycles. The second kappa shape index (κ2) is 6.29. The van der Waals surface area contributed by atoms with E-state index in [1.165, 1.54) is 13.0 Å². The van der Waals surface area contributed by atoms with Gasteiger partial charge in [-0.3, -0.25) is 0 Å². The third kappa shape index (κ3) is 3.53. The number of aryl methyl sites for hydroxylation is 1. The molecule has 0 spiro atoms. The van der Waals surface area contributed by atoms with E-state index in [4.69, 9.17) is 10.3 Å². The van der Waals surface area contributed by atoms with Gasteiger partial charge in [0.25, 0.3) is 0 Å². The Kier molecular flexibility index (Phi) is 4.72. The van der Waals surface area contributed by atoms with Crippen molar-refractivity contribution in [3.8, 4) is 0 Å². The Morgan fingerprint density at radius 3 is 3.00 bits per heavy atom. The average Bonchev–Trinajstić information content (AvgIpc) is 2.96. The Morgan fingerprint density at radius 1 is 1.50 bits per heavy atom. The van der Waals surface area contributed by atoms with Crippen LogP contribution in [0.2, 0.25) is 0 Å². The molecule has 0 amide bonds. The first kappa shape index (κ1) is 13.5. The standard InChI is InChI=1S/C13H24N4O/c1-10(2)17-7-5-11(9-17)8-12-15-13(18-16-12)4-3-6-14/h10-11H,3-9,14H2,1-2H3. The number of hydrogen-bond acceptors (Lipinski definition) is 5. The number of nitrogens with zero attached hydrogens (tertiary/aromatic N) is 3. The van der Waals surface area contributed by atoms with Crippen molar-refractivity contribution in [2.24, 2.45) is 11.7 Å². The van der Waals surface area contributed by atoms with Crippen LogP contribution in [0.15, 0.2) is 4.52 Å². The zero-order chi connectivity index (χ0) is 13.0. The van der Waals surface area contributed by atoms with Gasteiger partial charge in [0.1, 0.15) is 0 Å². The second-order valence-electron chi connectivity index (χ2n) is 5.44. The Bertz CT molecular complexity index is 364. The van der Waals surface area contributed by atoms with Gasteiger partial charge in [0.05, 0.1) is 0 Å². The Labute approximate surface area is 109 Å². The van der Waals surface area contributed by atoms with Gasteiger partial charge in [-0.15, -0.1) is 0 Å². The minimum absolute atomic E-state index is 0.639. The summed E-state index contributed by atoms with van der Waals surface area (Å²) in [4.78, 5) is 6.94. The molecule has 1 aromatic heterocycles. The van der Waals surface area contributed by atoms with Gasteiger partial charge in [0.15, 0.2) is 5.82 Å². The molecule has 18 heavy (non-hydrogen) atoms. The van der Waals surface area contributed by atoms with Crippen molar-refractivity contribution in [1.29, 1.82) is 0 Å². The summed E-state index contributed by atoms with van der Waals surface area (Å²) in [6.45, 7) is 7.53. The molecule has 1 unspecified atom stereocenters. The van der Waals surface area contributed by atoms with E-state index in [0.717, 1.165) is 37.5 Å². The Balaban J connectivity index is 1.81. The quantitative estimate of drug-likeness (QED) is 0.825. The van der Waals surface area contributed by atoms with Crippen LogP contribution in [0.4, 0.5) is 0 Å². The highest BCUT2D eigenvalue weighted by atomic mass is 16.5. The van der Waals surface area contributed by atoms with Crippen LogP contribution in [0.3, 0.4) is 0 Å². The largest absolute Gasteiger partial charge is 0.339 e. The van der Waals surface area contributed by atoms with E-state index in [1.54, 1.807) is 0 Å². The van der Waals surface area contributed by atoms with Crippen molar-refractivity contribution in [1.82, 2.24) is 15.0 Å². The second-order valence-corrected chi connectivity index (χ2v) is 5.44. The molecule has 1 aliphatic rings. The number of rotatable bonds is 6. The molecule has 5 heteroatoms. The van der Waals surface area contributed by atoms with Gasteiger partial charge in [-0.1, -0.05) is 5.16 Å². The maximum absolute atomic E-state index is 5.46. The predicted molar refractivity (Wildman–Crippen MR) is 70.2 cm³/mol.